The predicted octanol–water partition coefficient (Wildman–Crippen LogP) is 2.19. The molecule has 1 saturated heterocycles. The van der Waals surface area contributed by atoms with E-state index in [0.717, 1.165) is 6.54 Å². The van der Waals surface area contributed by atoms with Crippen LogP contribution < -0.4 is 5.32 Å². The minimum Gasteiger partial charge on any atom is -0.362 e. The Morgan fingerprint density at radius 3 is 2.94 bits per heavy atom. The van der Waals surface area contributed by atoms with Gasteiger partial charge in [-0.1, -0.05) is 18.7 Å². The van der Waals surface area contributed by atoms with Gasteiger partial charge >= 0.3 is 0 Å². The second-order valence-corrected chi connectivity index (χ2v) is 5.67. The fraction of sp³-hybridized carbons (Fsp3) is 0.917. The van der Waals surface area contributed by atoms with E-state index in [2.05, 4.69) is 36.2 Å². The van der Waals surface area contributed by atoms with E-state index in [1.165, 1.54) is 43.1 Å². The molecule has 0 radical (unpaired) electrons. The average molecular weight is 243 g/mol. The van der Waals surface area contributed by atoms with E-state index < -0.39 is 0 Å². The SMILES string of the molecule is CCC1CCSC(=NCCCCN(C)C)N1. The summed E-state index contributed by atoms with van der Waals surface area (Å²) < 4.78 is 0. The molecule has 1 N–H and O–H groups in total. The zero-order valence-corrected chi connectivity index (χ0v) is 11.6. The molecule has 16 heavy (non-hydrogen) atoms. The summed E-state index contributed by atoms with van der Waals surface area (Å²) in [4.78, 5) is 6.86. The average Bonchev–Trinajstić information content (AvgIpc) is 2.28. The lowest BCUT2D eigenvalue weighted by atomic mass is 10.2. The van der Waals surface area contributed by atoms with Crippen LogP contribution in [0.3, 0.4) is 0 Å². The third-order valence-electron chi connectivity index (χ3n) is 2.79. The minimum atomic E-state index is 0.654. The summed E-state index contributed by atoms with van der Waals surface area (Å²) in [7, 11) is 4.24. The van der Waals surface area contributed by atoms with Crippen molar-refractivity contribution < 1.29 is 0 Å². The van der Waals surface area contributed by atoms with Gasteiger partial charge in [-0.15, -0.1) is 0 Å². The first-order valence-electron chi connectivity index (χ1n) is 6.31. The van der Waals surface area contributed by atoms with Crippen LogP contribution in [0.5, 0.6) is 0 Å². The van der Waals surface area contributed by atoms with Crippen molar-refractivity contribution in [1.82, 2.24) is 10.2 Å². The lowest BCUT2D eigenvalue weighted by Crippen LogP contribution is -2.37. The molecule has 1 aliphatic rings. The lowest BCUT2D eigenvalue weighted by molar-refractivity contribution is 0.396. The fourth-order valence-electron chi connectivity index (χ4n) is 1.70. The van der Waals surface area contributed by atoms with Gasteiger partial charge in [0.15, 0.2) is 5.17 Å². The molecule has 1 aliphatic heterocycles. The maximum atomic E-state index is 4.63. The number of amidine groups is 1. The van der Waals surface area contributed by atoms with Crippen molar-refractivity contribution in [2.75, 3.05) is 32.9 Å². The van der Waals surface area contributed by atoms with Gasteiger partial charge in [-0.25, -0.2) is 0 Å². The summed E-state index contributed by atoms with van der Waals surface area (Å²) in [6.45, 7) is 4.38. The van der Waals surface area contributed by atoms with Crippen molar-refractivity contribution in [3.63, 3.8) is 0 Å². The zero-order chi connectivity index (χ0) is 11.8. The molecule has 0 bridgehead atoms. The Balaban J connectivity index is 2.13. The molecule has 1 atom stereocenters. The molecule has 1 fully saturated rings. The zero-order valence-electron chi connectivity index (χ0n) is 10.8. The van der Waals surface area contributed by atoms with Gasteiger partial charge in [0.1, 0.15) is 0 Å². The number of rotatable bonds is 6. The molecule has 0 amide bonds. The standard InChI is InChI=1S/C12H25N3S/c1-4-11-7-10-16-12(14-11)13-8-5-6-9-15(2)3/h11H,4-10H2,1-3H3,(H,13,14). The highest BCUT2D eigenvalue weighted by atomic mass is 32.2. The van der Waals surface area contributed by atoms with Crippen LogP contribution in [0.25, 0.3) is 0 Å². The molecule has 0 saturated carbocycles. The normalized spacial score (nSPS) is 23.8. The summed E-state index contributed by atoms with van der Waals surface area (Å²) in [5, 5.41) is 4.67. The van der Waals surface area contributed by atoms with E-state index in [1.54, 1.807) is 0 Å². The summed E-state index contributed by atoms with van der Waals surface area (Å²) >= 11 is 1.88. The molecule has 0 aromatic carbocycles. The molecule has 0 aromatic heterocycles. The van der Waals surface area contributed by atoms with Crippen LogP contribution in [-0.2, 0) is 0 Å². The Morgan fingerprint density at radius 1 is 1.44 bits per heavy atom. The molecule has 0 spiro atoms. The number of hydrogen-bond donors (Lipinski definition) is 1. The van der Waals surface area contributed by atoms with E-state index in [1.807, 2.05) is 11.8 Å². The Morgan fingerprint density at radius 2 is 2.25 bits per heavy atom. The van der Waals surface area contributed by atoms with Gasteiger partial charge in [0.2, 0.25) is 0 Å². The highest BCUT2D eigenvalue weighted by Crippen LogP contribution is 2.15. The summed E-state index contributed by atoms with van der Waals surface area (Å²) in [5.41, 5.74) is 0. The number of nitrogens with zero attached hydrogens (tertiary/aromatic N) is 2. The van der Waals surface area contributed by atoms with Crippen molar-refractivity contribution in [2.24, 2.45) is 4.99 Å². The Bertz CT molecular complexity index is 216. The summed E-state index contributed by atoms with van der Waals surface area (Å²) in [6, 6.07) is 0.654. The van der Waals surface area contributed by atoms with E-state index in [0.29, 0.717) is 6.04 Å². The van der Waals surface area contributed by atoms with Crippen molar-refractivity contribution in [3.8, 4) is 0 Å². The van der Waals surface area contributed by atoms with Gasteiger partial charge in [0.25, 0.3) is 0 Å². The van der Waals surface area contributed by atoms with Crippen LogP contribution in [0.4, 0.5) is 0 Å². The van der Waals surface area contributed by atoms with Gasteiger partial charge < -0.3 is 10.2 Å². The molecular formula is C12H25N3S. The fourth-order valence-corrected chi connectivity index (χ4v) is 2.73. The second-order valence-electron chi connectivity index (χ2n) is 4.58. The quantitative estimate of drug-likeness (QED) is 0.725. The van der Waals surface area contributed by atoms with Gasteiger partial charge in [0.05, 0.1) is 0 Å². The molecule has 4 heteroatoms. The second kappa shape index (κ2) is 7.96. The summed E-state index contributed by atoms with van der Waals surface area (Å²) in [6.07, 6.45) is 4.92. The largest absolute Gasteiger partial charge is 0.362 e. The topological polar surface area (TPSA) is 27.6 Å². The maximum absolute atomic E-state index is 4.63. The third kappa shape index (κ3) is 5.75. The van der Waals surface area contributed by atoms with Crippen molar-refractivity contribution in [1.29, 1.82) is 0 Å². The van der Waals surface area contributed by atoms with Crippen molar-refractivity contribution in [3.05, 3.63) is 0 Å². The molecule has 3 nitrogen and oxygen atoms in total. The van der Waals surface area contributed by atoms with Crippen LogP contribution in [0.1, 0.15) is 32.6 Å². The van der Waals surface area contributed by atoms with Crippen LogP contribution in [-0.4, -0.2) is 49.0 Å². The van der Waals surface area contributed by atoms with Crippen LogP contribution in [0.15, 0.2) is 4.99 Å². The molecule has 0 aromatic rings. The summed E-state index contributed by atoms with van der Waals surface area (Å²) in [5.74, 6) is 1.22. The van der Waals surface area contributed by atoms with E-state index in [-0.39, 0.29) is 0 Å². The maximum Gasteiger partial charge on any atom is 0.156 e. The number of hydrogen-bond acceptors (Lipinski definition) is 3. The van der Waals surface area contributed by atoms with Gasteiger partial charge in [-0.3, -0.25) is 4.99 Å². The number of unbranched alkanes of at least 4 members (excludes halogenated alkanes) is 1. The molecule has 94 valence electrons. The Kier molecular flexibility index (Phi) is 6.88. The first-order valence-corrected chi connectivity index (χ1v) is 7.29. The van der Waals surface area contributed by atoms with Crippen LogP contribution in [0.2, 0.25) is 0 Å². The van der Waals surface area contributed by atoms with Gasteiger partial charge in [-0.05, 0) is 46.3 Å². The minimum absolute atomic E-state index is 0.654. The van der Waals surface area contributed by atoms with E-state index in [9.17, 15) is 0 Å². The third-order valence-corrected chi connectivity index (χ3v) is 3.75. The van der Waals surface area contributed by atoms with Crippen LogP contribution >= 0.6 is 11.8 Å². The smallest absolute Gasteiger partial charge is 0.156 e. The predicted molar refractivity (Wildman–Crippen MR) is 74.4 cm³/mol. The highest BCUT2D eigenvalue weighted by Gasteiger charge is 2.14. The molecule has 1 heterocycles. The van der Waals surface area contributed by atoms with E-state index >= 15 is 0 Å². The number of nitrogens with one attached hydrogen (secondary N) is 1. The number of aliphatic imine (C=N–C) groups is 1. The highest BCUT2D eigenvalue weighted by molar-refractivity contribution is 8.13. The van der Waals surface area contributed by atoms with Gasteiger partial charge in [-0.2, -0.15) is 0 Å². The Hall–Kier alpha value is -0.220. The van der Waals surface area contributed by atoms with Crippen LogP contribution in [0, 0.1) is 0 Å². The number of thioether (sulfide) groups is 1. The molecule has 0 aliphatic carbocycles. The molecular weight excluding hydrogens is 218 g/mol. The van der Waals surface area contributed by atoms with Crippen molar-refractivity contribution >= 4 is 16.9 Å². The molecule has 1 rings (SSSR count). The first-order chi connectivity index (χ1) is 7.72. The Labute approximate surface area is 104 Å². The van der Waals surface area contributed by atoms with Gasteiger partial charge in [0, 0.05) is 18.3 Å². The van der Waals surface area contributed by atoms with Crippen molar-refractivity contribution in [2.45, 2.75) is 38.6 Å². The first kappa shape index (κ1) is 13.8. The monoisotopic (exact) mass is 243 g/mol. The molecule has 1 unspecified atom stereocenters. The lowest BCUT2D eigenvalue weighted by Gasteiger charge is -2.24. The van der Waals surface area contributed by atoms with E-state index in [4.69, 9.17) is 0 Å².